The number of rotatable bonds is 2. The average molecular weight is 241 g/mol. The molecule has 1 aromatic carbocycles. The van der Waals surface area contributed by atoms with Crippen LogP contribution in [-0.4, -0.2) is 16.1 Å². The summed E-state index contributed by atoms with van der Waals surface area (Å²) in [7, 11) is 0. The Kier molecular flexibility index (Phi) is 2.82. The Morgan fingerprint density at radius 1 is 1.24 bits per heavy atom. The van der Waals surface area contributed by atoms with Crippen molar-refractivity contribution in [2.75, 3.05) is 5.32 Å². The van der Waals surface area contributed by atoms with Gasteiger partial charge >= 0.3 is 0 Å². The molecule has 0 bridgehead atoms. The molecule has 2 aromatic rings. The Labute approximate surface area is 93.5 Å². The molecular formula is C10H6F3N3O. The van der Waals surface area contributed by atoms with Crippen LogP contribution in [0.5, 0.6) is 0 Å². The summed E-state index contributed by atoms with van der Waals surface area (Å²) in [6.45, 7) is 0. The van der Waals surface area contributed by atoms with Crippen molar-refractivity contribution in [3.63, 3.8) is 0 Å². The molecule has 0 fully saturated rings. The number of hydrogen-bond acceptors (Lipinski definition) is 2. The van der Waals surface area contributed by atoms with E-state index in [-0.39, 0.29) is 5.56 Å². The van der Waals surface area contributed by atoms with Crippen molar-refractivity contribution in [2.45, 2.75) is 0 Å². The number of amides is 1. The minimum Gasteiger partial charge on any atom is -0.317 e. The Bertz CT molecular complexity index is 531. The number of aromatic amines is 1. The number of aromatic nitrogens is 2. The number of anilines is 1. The number of nitrogens with one attached hydrogen (secondary N) is 2. The molecule has 0 aliphatic heterocycles. The second kappa shape index (κ2) is 4.28. The Balaban J connectivity index is 2.28. The Morgan fingerprint density at radius 3 is 2.41 bits per heavy atom. The second-order valence-corrected chi connectivity index (χ2v) is 3.19. The van der Waals surface area contributed by atoms with E-state index in [9.17, 15) is 18.0 Å². The summed E-state index contributed by atoms with van der Waals surface area (Å²) in [5.41, 5.74) is -0.592. The lowest BCUT2D eigenvalue weighted by Crippen LogP contribution is -2.13. The van der Waals surface area contributed by atoms with Gasteiger partial charge in [-0.05, 0) is 0 Å². The molecule has 88 valence electrons. The first kappa shape index (κ1) is 11.2. The van der Waals surface area contributed by atoms with Crippen LogP contribution in [0, 0.1) is 17.5 Å². The molecule has 1 amide bonds. The van der Waals surface area contributed by atoms with Crippen LogP contribution in [0.4, 0.5) is 18.9 Å². The largest absolute Gasteiger partial charge is 0.317 e. The number of carbonyl (C=O) groups is 1. The fourth-order valence-electron chi connectivity index (χ4n) is 1.22. The van der Waals surface area contributed by atoms with E-state index in [1.807, 2.05) is 5.32 Å². The monoisotopic (exact) mass is 241 g/mol. The maximum Gasteiger partial charge on any atom is 0.258 e. The first-order chi connectivity index (χ1) is 8.08. The molecule has 0 atom stereocenters. The van der Waals surface area contributed by atoms with Crippen LogP contribution >= 0.6 is 0 Å². The van der Waals surface area contributed by atoms with E-state index in [0.29, 0.717) is 12.1 Å². The molecule has 1 heterocycles. The molecule has 7 heteroatoms. The van der Waals surface area contributed by atoms with Gasteiger partial charge in [0.15, 0.2) is 11.6 Å². The van der Waals surface area contributed by atoms with Gasteiger partial charge in [0.2, 0.25) is 0 Å². The van der Waals surface area contributed by atoms with Crippen molar-refractivity contribution in [1.82, 2.24) is 10.2 Å². The van der Waals surface area contributed by atoms with Gasteiger partial charge < -0.3 is 5.32 Å². The fourth-order valence-corrected chi connectivity index (χ4v) is 1.22. The van der Waals surface area contributed by atoms with E-state index in [4.69, 9.17) is 0 Å². The molecule has 2 N–H and O–H groups in total. The smallest absolute Gasteiger partial charge is 0.258 e. The topological polar surface area (TPSA) is 57.8 Å². The highest BCUT2D eigenvalue weighted by atomic mass is 19.1. The predicted molar refractivity (Wildman–Crippen MR) is 52.9 cm³/mol. The normalized spacial score (nSPS) is 10.3. The SMILES string of the molecule is O=C(Nc1c(F)cc(F)cc1F)c1cn[nH]c1. The molecule has 4 nitrogen and oxygen atoms in total. The van der Waals surface area contributed by atoms with E-state index >= 15 is 0 Å². The third-order valence-corrected chi connectivity index (χ3v) is 2.01. The molecule has 0 saturated carbocycles. The van der Waals surface area contributed by atoms with E-state index in [0.717, 1.165) is 0 Å². The second-order valence-electron chi connectivity index (χ2n) is 3.19. The zero-order valence-electron chi connectivity index (χ0n) is 8.30. The van der Waals surface area contributed by atoms with Crippen LogP contribution in [0.3, 0.4) is 0 Å². The highest BCUT2D eigenvalue weighted by Crippen LogP contribution is 2.20. The summed E-state index contributed by atoms with van der Waals surface area (Å²) in [4.78, 5) is 11.5. The van der Waals surface area contributed by atoms with Gasteiger partial charge in [-0.1, -0.05) is 0 Å². The van der Waals surface area contributed by atoms with Crippen LogP contribution in [0.25, 0.3) is 0 Å². The van der Waals surface area contributed by atoms with Gasteiger partial charge in [0.25, 0.3) is 5.91 Å². The summed E-state index contributed by atoms with van der Waals surface area (Å²) < 4.78 is 39.0. The molecule has 0 saturated heterocycles. The molecule has 1 aromatic heterocycles. The number of H-pyrrole nitrogens is 1. The van der Waals surface area contributed by atoms with Crippen LogP contribution in [0.1, 0.15) is 10.4 Å². The first-order valence-corrected chi connectivity index (χ1v) is 4.52. The zero-order valence-corrected chi connectivity index (χ0v) is 8.30. The number of carbonyl (C=O) groups excluding carboxylic acids is 1. The highest BCUT2D eigenvalue weighted by molar-refractivity contribution is 6.04. The van der Waals surface area contributed by atoms with Crippen LogP contribution in [0.15, 0.2) is 24.5 Å². The van der Waals surface area contributed by atoms with Gasteiger partial charge in [-0.25, -0.2) is 13.2 Å². The van der Waals surface area contributed by atoms with Crippen molar-refractivity contribution < 1.29 is 18.0 Å². The molecular weight excluding hydrogens is 235 g/mol. The molecule has 2 rings (SSSR count). The van der Waals surface area contributed by atoms with Crippen molar-refractivity contribution in [3.8, 4) is 0 Å². The third kappa shape index (κ3) is 2.27. The van der Waals surface area contributed by atoms with Crippen molar-refractivity contribution in [2.24, 2.45) is 0 Å². The first-order valence-electron chi connectivity index (χ1n) is 4.52. The van der Waals surface area contributed by atoms with Gasteiger partial charge in [0.1, 0.15) is 11.5 Å². The van der Waals surface area contributed by atoms with Crippen LogP contribution in [0.2, 0.25) is 0 Å². The molecule has 0 radical (unpaired) electrons. The highest BCUT2D eigenvalue weighted by Gasteiger charge is 2.15. The maximum atomic E-state index is 13.2. The molecule has 0 aliphatic carbocycles. The molecule has 0 unspecified atom stereocenters. The minimum absolute atomic E-state index is 0.105. The van der Waals surface area contributed by atoms with Crippen molar-refractivity contribution in [1.29, 1.82) is 0 Å². The number of benzene rings is 1. The van der Waals surface area contributed by atoms with E-state index in [1.54, 1.807) is 0 Å². The van der Waals surface area contributed by atoms with Gasteiger partial charge in [0.05, 0.1) is 11.8 Å². The van der Waals surface area contributed by atoms with Gasteiger partial charge in [-0.2, -0.15) is 5.10 Å². The van der Waals surface area contributed by atoms with E-state index in [1.165, 1.54) is 12.4 Å². The van der Waals surface area contributed by atoms with E-state index in [2.05, 4.69) is 10.2 Å². The molecule has 0 aliphatic rings. The van der Waals surface area contributed by atoms with Crippen molar-refractivity contribution >= 4 is 11.6 Å². The summed E-state index contributed by atoms with van der Waals surface area (Å²) in [6, 6.07) is 0.960. The lowest BCUT2D eigenvalue weighted by molar-refractivity contribution is 0.102. The predicted octanol–water partition coefficient (Wildman–Crippen LogP) is 2.08. The van der Waals surface area contributed by atoms with Gasteiger partial charge in [0, 0.05) is 18.3 Å². The number of halogens is 3. The summed E-state index contributed by atoms with van der Waals surface area (Å²) in [6.07, 6.45) is 2.45. The average Bonchev–Trinajstić information content (AvgIpc) is 2.76. The quantitative estimate of drug-likeness (QED) is 0.845. The summed E-state index contributed by atoms with van der Waals surface area (Å²) >= 11 is 0. The van der Waals surface area contributed by atoms with Gasteiger partial charge in [-0.3, -0.25) is 9.89 Å². The van der Waals surface area contributed by atoms with E-state index < -0.39 is 29.0 Å². The minimum atomic E-state index is -1.18. The standard InChI is InChI=1S/C10H6F3N3O/c11-6-1-7(12)9(8(13)2-6)16-10(17)5-3-14-15-4-5/h1-4H,(H,14,15)(H,16,17). The number of nitrogens with zero attached hydrogens (tertiary/aromatic N) is 1. The number of hydrogen-bond donors (Lipinski definition) is 2. The van der Waals surface area contributed by atoms with Crippen LogP contribution in [-0.2, 0) is 0 Å². The van der Waals surface area contributed by atoms with Gasteiger partial charge in [-0.15, -0.1) is 0 Å². The lowest BCUT2D eigenvalue weighted by Gasteiger charge is -2.06. The maximum absolute atomic E-state index is 13.2. The van der Waals surface area contributed by atoms with Crippen molar-refractivity contribution in [3.05, 3.63) is 47.5 Å². The lowest BCUT2D eigenvalue weighted by atomic mass is 10.2. The van der Waals surface area contributed by atoms with Crippen LogP contribution < -0.4 is 5.32 Å². The summed E-state index contributed by atoms with van der Waals surface area (Å²) in [5.74, 6) is -4.16. The fraction of sp³-hybridized carbons (Fsp3) is 0. The molecule has 0 spiro atoms. The molecule has 17 heavy (non-hydrogen) atoms. The Hall–Kier alpha value is -2.31. The zero-order chi connectivity index (χ0) is 12.4. The Morgan fingerprint density at radius 2 is 1.88 bits per heavy atom. The third-order valence-electron chi connectivity index (χ3n) is 2.01. The summed E-state index contributed by atoms with van der Waals surface area (Å²) in [5, 5.41) is 7.88.